The fourth-order valence-corrected chi connectivity index (χ4v) is 3.09. The molecule has 0 bridgehead atoms. The van der Waals surface area contributed by atoms with Gasteiger partial charge in [-0.25, -0.2) is 4.98 Å². The monoisotopic (exact) mass is 277 g/mol. The van der Waals surface area contributed by atoms with Crippen LogP contribution in [0.1, 0.15) is 19.7 Å². The lowest BCUT2D eigenvalue weighted by atomic mass is 10.2. The number of para-hydroxylation sites is 2. The second-order valence-corrected chi connectivity index (χ2v) is 6.01. The molecule has 1 N–H and O–H groups in total. The van der Waals surface area contributed by atoms with Crippen molar-refractivity contribution in [3.63, 3.8) is 0 Å². The van der Waals surface area contributed by atoms with E-state index in [0.29, 0.717) is 6.04 Å². The van der Waals surface area contributed by atoms with E-state index < -0.39 is 0 Å². The number of imidazole rings is 1. The van der Waals surface area contributed by atoms with Crippen LogP contribution in [0.3, 0.4) is 0 Å². The maximum Gasteiger partial charge on any atom is 0.111 e. The fraction of sp³-hybridized carbons (Fsp3) is 0.533. The van der Waals surface area contributed by atoms with Crippen LogP contribution in [0.25, 0.3) is 11.0 Å². The van der Waals surface area contributed by atoms with Crippen LogP contribution in [0.4, 0.5) is 0 Å². The zero-order valence-electron chi connectivity index (χ0n) is 12.0. The van der Waals surface area contributed by atoms with Crippen LogP contribution in [0.2, 0.25) is 0 Å². The molecule has 0 fully saturated rings. The lowest BCUT2D eigenvalue weighted by molar-refractivity contribution is 0.552. The third kappa shape index (κ3) is 3.51. The summed E-state index contributed by atoms with van der Waals surface area (Å²) in [5, 5.41) is 3.56. The van der Waals surface area contributed by atoms with Gasteiger partial charge in [0, 0.05) is 25.3 Å². The summed E-state index contributed by atoms with van der Waals surface area (Å²) in [6.07, 6.45) is 0.992. The number of likely N-dealkylation sites (N-methyl/N-ethyl adjacent to an activating group) is 1. The predicted octanol–water partition coefficient (Wildman–Crippen LogP) is 2.85. The van der Waals surface area contributed by atoms with Gasteiger partial charge in [0.2, 0.25) is 0 Å². The zero-order chi connectivity index (χ0) is 13.7. The molecule has 19 heavy (non-hydrogen) atoms. The van der Waals surface area contributed by atoms with E-state index in [1.165, 1.54) is 17.1 Å². The Labute approximate surface area is 119 Å². The first-order valence-corrected chi connectivity index (χ1v) is 8.13. The molecule has 0 aliphatic carbocycles. The Kier molecular flexibility index (Phi) is 5.28. The maximum atomic E-state index is 4.76. The molecule has 0 aliphatic heterocycles. The maximum absolute atomic E-state index is 4.76. The molecule has 2 aromatic rings. The Morgan fingerprint density at radius 3 is 2.79 bits per heavy atom. The third-order valence-corrected chi connectivity index (χ3v) is 4.37. The Bertz CT molecular complexity index is 521. The Balaban J connectivity index is 2.16. The van der Waals surface area contributed by atoms with Gasteiger partial charge in [-0.3, -0.25) is 0 Å². The molecule has 0 saturated heterocycles. The van der Waals surface area contributed by atoms with E-state index in [1.807, 2.05) is 17.8 Å². The minimum atomic E-state index is 0.505. The van der Waals surface area contributed by atoms with Gasteiger partial charge in [0.25, 0.3) is 0 Å². The summed E-state index contributed by atoms with van der Waals surface area (Å²) in [4.78, 5) is 4.76. The van der Waals surface area contributed by atoms with E-state index in [9.17, 15) is 0 Å². The van der Waals surface area contributed by atoms with Crippen molar-refractivity contribution in [2.75, 3.05) is 18.1 Å². The van der Waals surface area contributed by atoms with Crippen molar-refractivity contribution in [3.8, 4) is 0 Å². The van der Waals surface area contributed by atoms with Crippen LogP contribution in [0.5, 0.6) is 0 Å². The summed E-state index contributed by atoms with van der Waals surface area (Å²) in [6, 6.07) is 8.85. The molecule has 2 rings (SSSR count). The number of fused-ring (bicyclic) bond motifs is 1. The number of aromatic nitrogens is 2. The van der Waals surface area contributed by atoms with E-state index in [4.69, 9.17) is 4.98 Å². The van der Waals surface area contributed by atoms with Crippen molar-refractivity contribution in [2.24, 2.45) is 7.05 Å². The third-order valence-electron chi connectivity index (χ3n) is 3.32. The van der Waals surface area contributed by atoms with Crippen LogP contribution in [-0.4, -0.2) is 33.6 Å². The minimum absolute atomic E-state index is 0.505. The van der Waals surface area contributed by atoms with Gasteiger partial charge in [-0.1, -0.05) is 26.0 Å². The van der Waals surface area contributed by atoms with E-state index >= 15 is 0 Å². The number of nitrogens with one attached hydrogen (secondary N) is 1. The van der Waals surface area contributed by atoms with Crippen molar-refractivity contribution in [3.05, 3.63) is 30.1 Å². The number of hydrogen-bond acceptors (Lipinski definition) is 3. The number of thioether (sulfide) groups is 1. The number of benzene rings is 1. The first-order chi connectivity index (χ1) is 9.26. The number of hydrogen-bond donors (Lipinski definition) is 1. The lowest BCUT2D eigenvalue weighted by Crippen LogP contribution is -2.34. The number of aryl methyl sites for hydroxylation is 1. The molecule has 0 amide bonds. The second-order valence-electron chi connectivity index (χ2n) is 4.69. The van der Waals surface area contributed by atoms with Gasteiger partial charge in [0.05, 0.1) is 11.0 Å². The summed E-state index contributed by atoms with van der Waals surface area (Å²) in [5.74, 6) is 3.49. The van der Waals surface area contributed by atoms with Crippen molar-refractivity contribution in [1.82, 2.24) is 14.9 Å². The molecule has 0 aliphatic rings. The van der Waals surface area contributed by atoms with Gasteiger partial charge in [0.1, 0.15) is 5.82 Å². The van der Waals surface area contributed by atoms with Gasteiger partial charge < -0.3 is 9.88 Å². The van der Waals surface area contributed by atoms with E-state index in [1.54, 1.807) is 0 Å². The Morgan fingerprint density at radius 1 is 1.32 bits per heavy atom. The minimum Gasteiger partial charge on any atom is -0.331 e. The molecular weight excluding hydrogens is 254 g/mol. The standard InChI is InChI=1S/C15H23N3S/c1-4-16-12(11-19-5-2)10-15-17-13-8-6-7-9-14(13)18(15)3/h6-9,12,16H,4-5,10-11H2,1-3H3. The summed E-state index contributed by atoms with van der Waals surface area (Å²) in [7, 11) is 2.11. The molecule has 4 heteroatoms. The molecule has 3 nitrogen and oxygen atoms in total. The average molecular weight is 277 g/mol. The van der Waals surface area contributed by atoms with Crippen molar-refractivity contribution >= 4 is 22.8 Å². The highest BCUT2D eigenvalue weighted by Crippen LogP contribution is 2.16. The number of rotatable bonds is 7. The molecule has 0 spiro atoms. The molecular formula is C15H23N3S. The van der Waals surface area contributed by atoms with Crippen LogP contribution in [0.15, 0.2) is 24.3 Å². The lowest BCUT2D eigenvalue weighted by Gasteiger charge is -2.16. The van der Waals surface area contributed by atoms with Crippen molar-refractivity contribution in [1.29, 1.82) is 0 Å². The summed E-state index contributed by atoms with van der Waals surface area (Å²) < 4.78 is 2.22. The molecule has 1 heterocycles. The van der Waals surface area contributed by atoms with E-state index in [-0.39, 0.29) is 0 Å². The molecule has 1 aromatic carbocycles. The summed E-state index contributed by atoms with van der Waals surface area (Å²) >= 11 is 1.99. The first-order valence-electron chi connectivity index (χ1n) is 6.97. The van der Waals surface area contributed by atoms with Crippen LogP contribution >= 0.6 is 11.8 Å². The van der Waals surface area contributed by atoms with Crippen molar-refractivity contribution in [2.45, 2.75) is 26.3 Å². The Hall–Kier alpha value is -1.00. The van der Waals surface area contributed by atoms with Crippen LogP contribution < -0.4 is 5.32 Å². The van der Waals surface area contributed by atoms with Gasteiger partial charge in [-0.15, -0.1) is 0 Å². The van der Waals surface area contributed by atoms with Crippen molar-refractivity contribution < 1.29 is 0 Å². The average Bonchev–Trinajstić information content (AvgIpc) is 2.74. The highest BCUT2D eigenvalue weighted by atomic mass is 32.2. The topological polar surface area (TPSA) is 29.9 Å². The largest absolute Gasteiger partial charge is 0.331 e. The predicted molar refractivity (Wildman–Crippen MR) is 84.9 cm³/mol. The molecule has 104 valence electrons. The van der Waals surface area contributed by atoms with Gasteiger partial charge >= 0.3 is 0 Å². The number of nitrogens with zero attached hydrogens (tertiary/aromatic N) is 2. The molecule has 0 radical (unpaired) electrons. The van der Waals surface area contributed by atoms with Crippen LogP contribution in [0, 0.1) is 0 Å². The van der Waals surface area contributed by atoms with E-state index in [2.05, 4.69) is 49.0 Å². The fourth-order valence-electron chi connectivity index (χ4n) is 2.34. The van der Waals surface area contributed by atoms with Gasteiger partial charge in [-0.2, -0.15) is 11.8 Å². The van der Waals surface area contributed by atoms with Gasteiger partial charge in [-0.05, 0) is 24.4 Å². The second kappa shape index (κ2) is 6.96. The zero-order valence-corrected chi connectivity index (χ0v) is 12.8. The quantitative estimate of drug-likeness (QED) is 0.844. The summed E-state index contributed by atoms with van der Waals surface area (Å²) in [5.41, 5.74) is 2.31. The SMILES string of the molecule is CCNC(CSCC)Cc1nc2ccccc2n1C. The first kappa shape index (κ1) is 14.4. The summed E-state index contributed by atoms with van der Waals surface area (Å²) in [6.45, 7) is 5.39. The smallest absolute Gasteiger partial charge is 0.111 e. The normalized spacial score (nSPS) is 13.0. The highest BCUT2D eigenvalue weighted by Gasteiger charge is 2.13. The molecule has 1 atom stereocenters. The van der Waals surface area contributed by atoms with Crippen LogP contribution in [-0.2, 0) is 13.5 Å². The Morgan fingerprint density at radius 2 is 2.11 bits per heavy atom. The van der Waals surface area contributed by atoms with Gasteiger partial charge in [0.15, 0.2) is 0 Å². The highest BCUT2D eigenvalue weighted by molar-refractivity contribution is 7.99. The van der Waals surface area contributed by atoms with E-state index in [0.717, 1.165) is 24.2 Å². The molecule has 1 unspecified atom stereocenters. The molecule has 0 saturated carbocycles. The molecule has 1 aromatic heterocycles.